The number of para-hydroxylation sites is 2. The summed E-state index contributed by atoms with van der Waals surface area (Å²) in [6, 6.07) is 13.1. The van der Waals surface area contributed by atoms with Gasteiger partial charge >= 0.3 is 0 Å². The van der Waals surface area contributed by atoms with Gasteiger partial charge in [-0.1, -0.05) is 18.2 Å². The summed E-state index contributed by atoms with van der Waals surface area (Å²) in [5.74, 6) is -0.429. The minimum absolute atomic E-state index is 0.0744. The lowest BCUT2D eigenvalue weighted by Crippen LogP contribution is -2.13. The number of carbonyl (C=O) groups excluding carboxylic acids is 1. The second kappa shape index (κ2) is 6.80. The first-order valence-electron chi connectivity index (χ1n) is 7.25. The standard InChI is InChI=1S/C17H14N4O3S/c18-25(23,24)14-5-3-4-12(10-14)21-17(22)9-8-13-11-19-15-6-1-2-7-16(15)20-13/h1-11H,(H,21,22)(H2,18,23,24). The van der Waals surface area contributed by atoms with Crippen molar-refractivity contribution in [2.75, 3.05) is 5.32 Å². The van der Waals surface area contributed by atoms with Crippen molar-refractivity contribution in [3.05, 3.63) is 66.5 Å². The number of nitrogens with zero attached hydrogens (tertiary/aromatic N) is 2. The van der Waals surface area contributed by atoms with Crippen molar-refractivity contribution in [3.63, 3.8) is 0 Å². The highest BCUT2D eigenvalue weighted by molar-refractivity contribution is 7.89. The zero-order valence-electron chi connectivity index (χ0n) is 13.0. The number of amides is 1. The highest BCUT2D eigenvalue weighted by Gasteiger charge is 2.08. The fourth-order valence-electron chi connectivity index (χ4n) is 2.15. The zero-order chi connectivity index (χ0) is 17.9. The predicted molar refractivity (Wildman–Crippen MR) is 95.0 cm³/mol. The van der Waals surface area contributed by atoms with Gasteiger partial charge in [0.25, 0.3) is 0 Å². The van der Waals surface area contributed by atoms with Gasteiger partial charge in [-0.3, -0.25) is 9.78 Å². The van der Waals surface area contributed by atoms with Crippen LogP contribution in [0.4, 0.5) is 5.69 Å². The molecule has 0 saturated carbocycles. The smallest absolute Gasteiger partial charge is 0.248 e. The third kappa shape index (κ3) is 4.25. The number of nitrogens with one attached hydrogen (secondary N) is 1. The van der Waals surface area contributed by atoms with Crippen molar-refractivity contribution in [2.45, 2.75) is 4.90 Å². The van der Waals surface area contributed by atoms with Crippen LogP contribution in [0.3, 0.4) is 0 Å². The normalized spacial score (nSPS) is 11.7. The Balaban J connectivity index is 1.74. The molecule has 0 bridgehead atoms. The molecule has 1 amide bonds. The van der Waals surface area contributed by atoms with Crippen LogP contribution in [0.1, 0.15) is 5.69 Å². The van der Waals surface area contributed by atoms with Gasteiger partial charge in [0.1, 0.15) is 0 Å². The van der Waals surface area contributed by atoms with E-state index in [0.29, 0.717) is 11.4 Å². The van der Waals surface area contributed by atoms with E-state index in [2.05, 4.69) is 15.3 Å². The molecule has 0 aliphatic carbocycles. The average Bonchev–Trinajstić information content (AvgIpc) is 2.59. The highest BCUT2D eigenvalue weighted by Crippen LogP contribution is 2.14. The van der Waals surface area contributed by atoms with Crippen LogP contribution in [0.5, 0.6) is 0 Å². The number of aromatic nitrogens is 2. The molecule has 0 spiro atoms. The second-order valence-corrected chi connectivity index (χ2v) is 6.74. The van der Waals surface area contributed by atoms with Gasteiger partial charge in [0.2, 0.25) is 15.9 Å². The highest BCUT2D eigenvalue weighted by atomic mass is 32.2. The number of carbonyl (C=O) groups is 1. The number of benzene rings is 2. The van der Waals surface area contributed by atoms with Gasteiger partial charge in [-0.2, -0.15) is 0 Å². The Hall–Kier alpha value is -3.10. The van der Waals surface area contributed by atoms with E-state index in [1.54, 1.807) is 12.3 Å². The molecule has 0 saturated heterocycles. The molecule has 2 aromatic carbocycles. The van der Waals surface area contributed by atoms with Crippen LogP contribution < -0.4 is 10.5 Å². The molecule has 1 aromatic heterocycles. The van der Waals surface area contributed by atoms with Crippen LogP contribution in [-0.4, -0.2) is 24.3 Å². The molecule has 8 heteroatoms. The molecule has 0 aliphatic heterocycles. The van der Waals surface area contributed by atoms with Gasteiger partial charge in [0.05, 0.1) is 27.8 Å². The summed E-state index contributed by atoms with van der Waals surface area (Å²) in [5.41, 5.74) is 2.35. The fourth-order valence-corrected chi connectivity index (χ4v) is 2.71. The van der Waals surface area contributed by atoms with Crippen LogP contribution in [0.2, 0.25) is 0 Å². The van der Waals surface area contributed by atoms with E-state index >= 15 is 0 Å². The first-order valence-corrected chi connectivity index (χ1v) is 8.80. The number of fused-ring (bicyclic) bond motifs is 1. The first kappa shape index (κ1) is 16.7. The van der Waals surface area contributed by atoms with E-state index in [1.165, 1.54) is 30.4 Å². The third-order valence-electron chi connectivity index (χ3n) is 3.30. The molecule has 0 radical (unpaired) electrons. The van der Waals surface area contributed by atoms with Gasteiger partial charge in [-0.25, -0.2) is 18.5 Å². The second-order valence-electron chi connectivity index (χ2n) is 5.18. The minimum atomic E-state index is -3.82. The van der Waals surface area contributed by atoms with E-state index < -0.39 is 15.9 Å². The number of hydrogen-bond donors (Lipinski definition) is 2. The van der Waals surface area contributed by atoms with E-state index in [4.69, 9.17) is 5.14 Å². The van der Waals surface area contributed by atoms with Crippen molar-refractivity contribution in [1.82, 2.24) is 9.97 Å². The Labute approximate surface area is 144 Å². The van der Waals surface area contributed by atoms with Crippen molar-refractivity contribution in [3.8, 4) is 0 Å². The van der Waals surface area contributed by atoms with Crippen LogP contribution in [0.15, 0.2) is 65.7 Å². The van der Waals surface area contributed by atoms with Crippen LogP contribution >= 0.6 is 0 Å². The Kier molecular flexibility index (Phi) is 4.55. The maximum Gasteiger partial charge on any atom is 0.248 e. The molecule has 3 rings (SSSR count). The summed E-state index contributed by atoms with van der Waals surface area (Å²) in [6.45, 7) is 0. The fraction of sp³-hybridized carbons (Fsp3) is 0. The molecular formula is C17H14N4O3S. The molecule has 1 heterocycles. The number of sulfonamides is 1. The SMILES string of the molecule is NS(=O)(=O)c1cccc(NC(=O)C=Cc2cnc3ccccc3n2)c1. The molecule has 7 nitrogen and oxygen atoms in total. The maximum atomic E-state index is 12.0. The van der Waals surface area contributed by atoms with E-state index in [0.717, 1.165) is 11.0 Å². The number of anilines is 1. The van der Waals surface area contributed by atoms with Gasteiger partial charge < -0.3 is 5.32 Å². The van der Waals surface area contributed by atoms with E-state index in [9.17, 15) is 13.2 Å². The molecule has 0 fully saturated rings. The van der Waals surface area contributed by atoms with Crippen LogP contribution in [0.25, 0.3) is 17.1 Å². The van der Waals surface area contributed by atoms with Crippen LogP contribution in [0, 0.1) is 0 Å². The van der Waals surface area contributed by atoms with E-state index in [-0.39, 0.29) is 4.90 Å². The predicted octanol–water partition coefficient (Wildman–Crippen LogP) is 1.93. The van der Waals surface area contributed by atoms with Crippen molar-refractivity contribution in [2.24, 2.45) is 5.14 Å². The molecule has 25 heavy (non-hydrogen) atoms. The molecule has 0 aliphatic rings. The number of primary sulfonamides is 1. The molecular weight excluding hydrogens is 340 g/mol. The molecule has 126 valence electrons. The summed E-state index contributed by atoms with van der Waals surface area (Å²) < 4.78 is 22.6. The quantitative estimate of drug-likeness (QED) is 0.695. The minimum Gasteiger partial charge on any atom is -0.322 e. The lowest BCUT2D eigenvalue weighted by molar-refractivity contribution is -0.111. The number of hydrogen-bond acceptors (Lipinski definition) is 5. The van der Waals surface area contributed by atoms with Gasteiger partial charge in [-0.05, 0) is 36.4 Å². The molecule has 0 atom stereocenters. The van der Waals surface area contributed by atoms with E-state index in [1.807, 2.05) is 24.3 Å². The number of nitrogens with two attached hydrogens (primary N) is 1. The number of rotatable bonds is 4. The Morgan fingerprint density at radius 1 is 1.08 bits per heavy atom. The Morgan fingerprint density at radius 3 is 2.60 bits per heavy atom. The Bertz CT molecular complexity index is 1080. The largest absolute Gasteiger partial charge is 0.322 e. The topological polar surface area (TPSA) is 115 Å². The van der Waals surface area contributed by atoms with Crippen molar-refractivity contribution < 1.29 is 13.2 Å². The summed E-state index contributed by atoms with van der Waals surface area (Å²) >= 11 is 0. The maximum absolute atomic E-state index is 12.0. The first-order chi connectivity index (χ1) is 11.9. The lowest BCUT2D eigenvalue weighted by atomic mass is 10.3. The molecule has 3 aromatic rings. The monoisotopic (exact) mass is 354 g/mol. The Morgan fingerprint density at radius 2 is 1.84 bits per heavy atom. The summed E-state index contributed by atoms with van der Waals surface area (Å²) in [4.78, 5) is 20.5. The van der Waals surface area contributed by atoms with Gasteiger partial charge in [0.15, 0.2) is 0 Å². The summed E-state index contributed by atoms with van der Waals surface area (Å²) in [5, 5.41) is 7.63. The van der Waals surface area contributed by atoms with Crippen LogP contribution in [-0.2, 0) is 14.8 Å². The summed E-state index contributed by atoms with van der Waals surface area (Å²) in [6.07, 6.45) is 4.38. The van der Waals surface area contributed by atoms with Gasteiger partial charge in [-0.15, -0.1) is 0 Å². The molecule has 0 unspecified atom stereocenters. The van der Waals surface area contributed by atoms with Crippen molar-refractivity contribution >= 4 is 38.7 Å². The average molecular weight is 354 g/mol. The third-order valence-corrected chi connectivity index (χ3v) is 4.21. The zero-order valence-corrected chi connectivity index (χ0v) is 13.8. The summed E-state index contributed by atoms with van der Waals surface area (Å²) in [7, 11) is -3.82. The van der Waals surface area contributed by atoms with Gasteiger partial charge in [0, 0.05) is 11.8 Å². The lowest BCUT2D eigenvalue weighted by Gasteiger charge is -2.04. The molecule has 3 N–H and O–H groups in total. The van der Waals surface area contributed by atoms with Crippen molar-refractivity contribution in [1.29, 1.82) is 0 Å².